The fourth-order valence-electron chi connectivity index (χ4n) is 1.96. The lowest BCUT2D eigenvalue weighted by Gasteiger charge is -2.17. The van der Waals surface area contributed by atoms with E-state index in [-0.39, 0.29) is 6.54 Å². The Bertz CT molecular complexity index is 719. The van der Waals surface area contributed by atoms with Gasteiger partial charge in [0.05, 0.1) is 12.8 Å². The number of carbonyl (C=O) groups is 1. The number of rotatable bonds is 4. The van der Waals surface area contributed by atoms with E-state index >= 15 is 0 Å². The highest BCUT2D eigenvalue weighted by Crippen LogP contribution is 2.22. The summed E-state index contributed by atoms with van der Waals surface area (Å²) in [6, 6.07) is 14.0. The summed E-state index contributed by atoms with van der Waals surface area (Å²) in [6.07, 6.45) is 0.481. The molecule has 0 aliphatic rings. The van der Waals surface area contributed by atoms with Crippen molar-refractivity contribution in [2.75, 3.05) is 4.90 Å². The first-order valence-corrected chi connectivity index (χ1v) is 6.29. The van der Waals surface area contributed by atoms with Gasteiger partial charge in [0.2, 0.25) is 0 Å². The van der Waals surface area contributed by atoms with Crippen LogP contribution in [0, 0.1) is 0 Å². The van der Waals surface area contributed by atoms with Crippen LogP contribution in [0.5, 0.6) is 0 Å². The largest absolute Gasteiger partial charge is 0.465 e. The highest BCUT2D eigenvalue weighted by molar-refractivity contribution is 5.85. The van der Waals surface area contributed by atoms with Crippen molar-refractivity contribution < 1.29 is 18.8 Å². The Morgan fingerprint density at radius 2 is 2.00 bits per heavy atom. The Hall–Kier alpha value is -3.02. The van der Waals surface area contributed by atoms with Crippen LogP contribution < -0.4 is 4.90 Å². The Morgan fingerprint density at radius 1 is 1.19 bits per heavy atom. The number of nitrogens with zero attached hydrogens (tertiary/aromatic N) is 2. The van der Waals surface area contributed by atoms with Gasteiger partial charge in [0, 0.05) is 11.8 Å². The van der Waals surface area contributed by atoms with Crippen molar-refractivity contribution in [2.45, 2.75) is 6.54 Å². The summed E-state index contributed by atoms with van der Waals surface area (Å²) in [5.74, 6) is 1.01. The molecule has 106 valence electrons. The van der Waals surface area contributed by atoms with Gasteiger partial charge in [0.25, 0.3) is 0 Å². The van der Waals surface area contributed by atoms with E-state index < -0.39 is 6.09 Å². The van der Waals surface area contributed by atoms with Crippen LogP contribution in [0.3, 0.4) is 0 Å². The summed E-state index contributed by atoms with van der Waals surface area (Å²) in [6.45, 7) is 0.0764. The molecule has 0 bridgehead atoms. The van der Waals surface area contributed by atoms with Gasteiger partial charge in [-0.05, 0) is 24.3 Å². The molecular formula is C15H12N2O4. The second kappa shape index (κ2) is 5.54. The SMILES string of the molecule is O=C(O)N(Cc1cc(-c2ccco2)no1)c1ccccc1. The highest BCUT2D eigenvalue weighted by atomic mass is 16.5. The number of anilines is 1. The molecule has 0 radical (unpaired) electrons. The van der Waals surface area contributed by atoms with Crippen molar-refractivity contribution in [1.29, 1.82) is 0 Å². The van der Waals surface area contributed by atoms with E-state index in [1.165, 1.54) is 11.2 Å². The average Bonchev–Trinajstić information content (AvgIpc) is 3.16. The van der Waals surface area contributed by atoms with E-state index in [0.29, 0.717) is 22.9 Å². The lowest BCUT2D eigenvalue weighted by Crippen LogP contribution is -2.28. The molecule has 0 atom stereocenters. The van der Waals surface area contributed by atoms with Gasteiger partial charge < -0.3 is 14.0 Å². The smallest absolute Gasteiger partial charge is 0.412 e. The fourth-order valence-corrected chi connectivity index (χ4v) is 1.96. The van der Waals surface area contributed by atoms with Crippen LogP contribution in [-0.4, -0.2) is 16.4 Å². The van der Waals surface area contributed by atoms with E-state index in [0.717, 1.165) is 0 Å². The fraction of sp³-hybridized carbons (Fsp3) is 0.0667. The lowest BCUT2D eigenvalue weighted by atomic mass is 10.2. The van der Waals surface area contributed by atoms with E-state index in [4.69, 9.17) is 8.94 Å². The molecule has 21 heavy (non-hydrogen) atoms. The number of para-hydroxylation sites is 1. The van der Waals surface area contributed by atoms with Crippen LogP contribution in [0.1, 0.15) is 5.76 Å². The zero-order valence-electron chi connectivity index (χ0n) is 11.0. The third kappa shape index (κ3) is 2.79. The quantitative estimate of drug-likeness (QED) is 0.791. The molecule has 6 nitrogen and oxygen atoms in total. The van der Waals surface area contributed by atoms with Crippen molar-refractivity contribution in [3.63, 3.8) is 0 Å². The molecule has 0 saturated heterocycles. The molecule has 2 heterocycles. The molecule has 0 aliphatic heterocycles. The number of aromatic nitrogens is 1. The van der Waals surface area contributed by atoms with Crippen molar-refractivity contribution in [2.24, 2.45) is 0 Å². The first-order valence-electron chi connectivity index (χ1n) is 6.29. The van der Waals surface area contributed by atoms with Crippen LogP contribution in [-0.2, 0) is 6.54 Å². The zero-order valence-corrected chi connectivity index (χ0v) is 11.0. The Labute approximate surface area is 120 Å². The number of benzene rings is 1. The normalized spacial score (nSPS) is 10.5. The molecule has 1 aromatic carbocycles. The van der Waals surface area contributed by atoms with Gasteiger partial charge in [-0.3, -0.25) is 4.90 Å². The number of furan rings is 1. The number of amides is 1. The maximum Gasteiger partial charge on any atom is 0.412 e. The molecular weight excluding hydrogens is 272 g/mol. The van der Waals surface area contributed by atoms with Crippen molar-refractivity contribution in [3.8, 4) is 11.5 Å². The summed E-state index contributed by atoms with van der Waals surface area (Å²) in [7, 11) is 0. The van der Waals surface area contributed by atoms with Crippen LogP contribution in [0.2, 0.25) is 0 Å². The van der Waals surface area contributed by atoms with Gasteiger partial charge >= 0.3 is 6.09 Å². The molecule has 0 aliphatic carbocycles. The monoisotopic (exact) mass is 284 g/mol. The van der Waals surface area contributed by atoms with E-state index in [9.17, 15) is 9.90 Å². The summed E-state index contributed by atoms with van der Waals surface area (Å²) in [5, 5.41) is 13.2. The lowest BCUT2D eigenvalue weighted by molar-refractivity contribution is 0.200. The summed E-state index contributed by atoms with van der Waals surface area (Å²) in [4.78, 5) is 12.6. The van der Waals surface area contributed by atoms with Gasteiger partial charge in [0.15, 0.2) is 11.5 Å². The summed E-state index contributed by atoms with van der Waals surface area (Å²) < 4.78 is 10.4. The average molecular weight is 284 g/mol. The molecule has 3 rings (SSSR count). The molecule has 2 aromatic heterocycles. The molecule has 0 fully saturated rings. The minimum Gasteiger partial charge on any atom is -0.465 e. The maximum atomic E-state index is 11.4. The van der Waals surface area contributed by atoms with Crippen LogP contribution in [0.4, 0.5) is 10.5 Å². The van der Waals surface area contributed by atoms with Gasteiger partial charge in [0.1, 0.15) is 5.69 Å². The molecule has 3 aromatic rings. The number of carboxylic acid groups (broad SMARTS) is 1. The Morgan fingerprint density at radius 3 is 2.67 bits per heavy atom. The maximum absolute atomic E-state index is 11.4. The molecule has 0 spiro atoms. The van der Waals surface area contributed by atoms with E-state index in [1.807, 2.05) is 6.07 Å². The number of hydrogen-bond acceptors (Lipinski definition) is 4. The van der Waals surface area contributed by atoms with Gasteiger partial charge in [-0.15, -0.1) is 0 Å². The van der Waals surface area contributed by atoms with E-state index in [2.05, 4.69) is 5.16 Å². The first kappa shape index (κ1) is 13.0. The predicted octanol–water partition coefficient (Wildman–Crippen LogP) is 3.62. The topological polar surface area (TPSA) is 79.7 Å². The van der Waals surface area contributed by atoms with Crippen LogP contribution in [0.25, 0.3) is 11.5 Å². The highest BCUT2D eigenvalue weighted by Gasteiger charge is 2.18. The third-order valence-electron chi connectivity index (χ3n) is 2.95. The Kier molecular flexibility index (Phi) is 3.42. The summed E-state index contributed by atoms with van der Waals surface area (Å²) in [5.41, 5.74) is 1.11. The predicted molar refractivity (Wildman–Crippen MR) is 74.9 cm³/mol. The minimum absolute atomic E-state index is 0.0764. The molecule has 0 unspecified atom stereocenters. The third-order valence-corrected chi connectivity index (χ3v) is 2.95. The van der Waals surface area contributed by atoms with Gasteiger partial charge in [-0.1, -0.05) is 23.4 Å². The molecule has 1 N–H and O–H groups in total. The molecule has 1 amide bonds. The van der Waals surface area contributed by atoms with Crippen LogP contribution in [0.15, 0.2) is 63.7 Å². The second-order valence-corrected chi connectivity index (χ2v) is 4.36. The van der Waals surface area contributed by atoms with Crippen molar-refractivity contribution >= 4 is 11.8 Å². The molecule has 0 saturated carbocycles. The van der Waals surface area contributed by atoms with Gasteiger partial charge in [-0.2, -0.15) is 0 Å². The number of hydrogen-bond donors (Lipinski definition) is 1. The minimum atomic E-state index is -1.06. The molecule has 6 heteroatoms. The van der Waals surface area contributed by atoms with Crippen molar-refractivity contribution in [3.05, 3.63) is 60.6 Å². The Balaban J connectivity index is 1.82. The first-order chi connectivity index (χ1) is 10.2. The van der Waals surface area contributed by atoms with Crippen LogP contribution >= 0.6 is 0 Å². The van der Waals surface area contributed by atoms with Crippen molar-refractivity contribution in [1.82, 2.24) is 5.16 Å². The summed E-state index contributed by atoms with van der Waals surface area (Å²) >= 11 is 0. The second-order valence-electron chi connectivity index (χ2n) is 4.36. The zero-order chi connectivity index (χ0) is 14.7. The van der Waals surface area contributed by atoms with Gasteiger partial charge in [-0.25, -0.2) is 4.79 Å². The standard InChI is InChI=1S/C15H12N2O4/c18-15(19)17(11-5-2-1-3-6-11)10-12-9-13(16-21-12)14-7-4-8-20-14/h1-9H,10H2,(H,18,19). The van der Waals surface area contributed by atoms with E-state index in [1.54, 1.807) is 42.5 Å².